The Morgan fingerprint density at radius 1 is 1.03 bits per heavy atom. The lowest BCUT2D eigenvalue weighted by atomic mass is 9.68. The van der Waals surface area contributed by atoms with Crippen LogP contribution in [0.5, 0.6) is 0 Å². The van der Waals surface area contributed by atoms with Crippen LogP contribution in [0.2, 0.25) is 5.02 Å². The summed E-state index contributed by atoms with van der Waals surface area (Å²) in [4.78, 5) is 37.5. The molecule has 2 saturated heterocycles. The van der Waals surface area contributed by atoms with Crippen LogP contribution in [0.3, 0.4) is 0 Å². The summed E-state index contributed by atoms with van der Waals surface area (Å²) in [6, 6.07) is 7.33. The van der Waals surface area contributed by atoms with E-state index in [-0.39, 0.29) is 23.0 Å². The fraction of sp³-hybridized carbons (Fsp3) is 0.519. The molecule has 11 heteroatoms. The van der Waals surface area contributed by atoms with Crippen molar-refractivity contribution < 1.29 is 23.7 Å². The molecule has 1 aromatic carbocycles. The Bertz CT molecular complexity index is 1320. The van der Waals surface area contributed by atoms with E-state index in [9.17, 15) is 9.59 Å². The molecule has 1 aromatic heterocycles. The second-order valence-corrected chi connectivity index (χ2v) is 12.1. The zero-order chi connectivity index (χ0) is 26.4. The van der Waals surface area contributed by atoms with Gasteiger partial charge < -0.3 is 28.8 Å². The lowest BCUT2D eigenvalue weighted by Crippen LogP contribution is -2.45. The Hall–Kier alpha value is -2.21. The molecule has 1 unspecified atom stereocenters. The predicted octanol–water partition coefficient (Wildman–Crippen LogP) is 3.86. The number of Topliss-reactive ketones (excluding diaryl/α,β-unsaturated/α-hetero) is 1. The van der Waals surface area contributed by atoms with Crippen molar-refractivity contribution in [1.82, 2.24) is 9.97 Å². The third-order valence-corrected chi connectivity index (χ3v) is 8.40. The number of halogens is 1. The molecule has 38 heavy (non-hydrogen) atoms. The van der Waals surface area contributed by atoms with E-state index in [0.29, 0.717) is 78.7 Å². The van der Waals surface area contributed by atoms with Crippen LogP contribution >= 0.6 is 23.4 Å². The summed E-state index contributed by atoms with van der Waals surface area (Å²) < 4.78 is 22.7. The highest BCUT2D eigenvalue weighted by Crippen LogP contribution is 2.50. The van der Waals surface area contributed by atoms with Gasteiger partial charge in [0.15, 0.2) is 23.5 Å². The number of carbonyl (C=O) groups excluding carboxylic acids is 1. The van der Waals surface area contributed by atoms with Crippen LogP contribution in [0.4, 0.5) is 5.82 Å². The summed E-state index contributed by atoms with van der Waals surface area (Å²) in [7, 11) is 0. The molecule has 2 aromatic rings. The van der Waals surface area contributed by atoms with Gasteiger partial charge in [-0.3, -0.25) is 9.59 Å². The number of rotatable bonds is 6. The number of fused-ring (bicyclic) bond motifs is 1. The Kier molecular flexibility index (Phi) is 7.13. The standard InChI is InChI=1S/C27H30ClN3O6S/c1-27(2)11-17-22(18(32)12-27)21(15-3-5-16(28)6-4-15)23-24(31(17)13-19-34-7-8-35-19)29-26(30-25(23)33)38-14-20-36-9-10-37-20/h3-6,19-21H,7-14H2,1-2H3,(H,29,30,33). The topological polar surface area (TPSA) is 103 Å². The number of allylic oxidation sites excluding steroid dienone is 2. The van der Waals surface area contributed by atoms with Crippen molar-refractivity contribution >= 4 is 35.0 Å². The Morgan fingerprint density at radius 2 is 1.68 bits per heavy atom. The minimum atomic E-state index is -0.556. The van der Waals surface area contributed by atoms with E-state index in [0.717, 1.165) is 11.3 Å². The molecule has 6 rings (SSSR count). The Balaban J connectivity index is 1.50. The van der Waals surface area contributed by atoms with Crippen molar-refractivity contribution in [3.05, 3.63) is 62.0 Å². The Labute approximate surface area is 229 Å². The second-order valence-electron chi connectivity index (χ2n) is 10.7. The van der Waals surface area contributed by atoms with E-state index in [1.165, 1.54) is 11.8 Å². The van der Waals surface area contributed by atoms with Gasteiger partial charge in [0, 0.05) is 28.6 Å². The van der Waals surface area contributed by atoms with E-state index in [1.807, 2.05) is 17.0 Å². The van der Waals surface area contributed by atoms with Gasteiger partial charge in [-0.15, -0.1) is 0 Å². The van der Waals surface area contributed by atoms with Gasteiger partial charge in [-0.2, -0.15) is 0 Å². The van der Waals surface area contributed by atoms with Gasteiger partial charge in [-0.1, -0.05) is 49.3 Å². The molecule has 202 valence electrons. The van der Waals surface area contributed by atoms with E-state index in [1.54, 1.807) is 12.1 Å². The van der Waals surface area contributed by atoms with Crippen LogP contribution in [0.15, 0.2) is 45.5 Å². The number of hydrogen-bond donors (Lipinski definition) is 1. The number of carbonyl (C=O) groups is 1. The molecule has 4 aliphatic rings. The molecule has 1 aliphatic carbocycles. The largest absolute Gasteiger partial charge is 0.349 e. The molecule has 4 heterocycles. The summed E-state index contributed by atoms with van der Waals surface area (Å²) in [5, 5.41) is 1.05. The number of aromatic nitrogens is 2. The molecule has 2 fully saturated rings. The minimum Gasteiger partial charge on any atom is -0.349 e. The maximum absolute atomic E-state index is 13.8. The van der Waals surface area contributed by atoms with Crippen LogP contribution < -0.4 is 10.5 Å². The molecule has 0 radical (unpaired) electrons. The summed E-state index contributed by atoms with van der Waals surface area (Å²) in [5.74, 6) is 0.497. The van der Waals surface area contributed by atoms with Gasteiger partial charge in [0.25, 0.3) is 5.56 Å². The number of hydrogen-bond acceptors (Lipinski definition) is 9. The zero-order valence-electron chi connectivity index (χ0n) is 21.3. The first-order chi connectivity index (χ1) is 18.3. The van der Waals surface area contributed by atoms with Crippen LogP contribution in [-0.4, -0.2) is 67.1 Å². The van der Waals surface area contributed by atoms with Crippen LogP contribution in [-0.2, 0) is 23.7 Å². The summed E-state index contributed by atoms with van der Waals surface area (Å²) in [5.41, 5.74) is 2.24. The van der Waals surface area contributed by atoms with Crippen LogP contribution in [0, 0.1) is 5.41 Å². The van der Waals surface area contributed by atoms with Gasteiger partial charge in [0.1, 0.15) is 5.82 Å². The smallest absolute Gasteiger partial charge is 0.257 e. The summed E-state index contributed by atoms with van der Waals surface area (Å²) in [6.07, 6.45) is 0.230. The van der Waals surface area contributed by atoms with Crippen molar-refractivity contribution in [3.63, 3.8) is 0 Å². The predicted molar refractivity (Wildman–Crippen MR) is 143 cm³/mol. The highest BCUT2D eigenvalue weighted by atomic mass is 35.5. The number of nitrogens with one attached hydrogen (secondary N) is 1. The third kappa shape index (κ3) is 5.05. The maximum Gasteiger partial charge on any atom is 0.257 e. The molecule has 1 atom stereocenters. The van der Waals surface area contributed by atoms with Crippen molar-refractivity contribution in [2.45, 2.75) is 50.3 Å². The molecule has 0 amide bonds. The maximum atomic E-state index is 13.8. The first kappa shape index (κ1) is 26.0. The summed E-state index contributed by atoms with van der Waals surface area (Å²) in [6.45, 7) is 6.63. The third-order valence-electron chi connectivity index (χ3n) is 7.24. The van der Waals surface area contributed by atoms with Crippen molar-refractivity contribution in [1.29, 1.82) is 0 Å². The van der Waals surface area contributed by atoms with Gasteiger partial charge in [0.05, 0.1) is 44.3 Å². The molecule has 1 N–H and O–H groups in total. The first-order valence-corrected chi connectivity index (χ1v) is 14.2. The fourth-order valence-corrected chi connectivity index (χ4v) is 6.55. The second kappa shape index (κ2) is 10.4. The number of ether oxygens (including phenoxy) is 4. The Morgan fingerprint density at radius 3 is 2.37 bits per heavy atom. The average Bonchev–Trinajstić information content (AvgIpc) is 3.58. The lowest BCUT2D eigenvalue weighted by molar-refractivity contribution is -0.118. The van der Waals surface area contributed by atoms with Gasteiger partial charge in [-0.25, -0.2) is 4.98 Å². The number of aromatic amines is 1. The molecule has 3 aliphatic heterocycles. The monoisotopic (exact) mass is 559 g/mol. The highest BCUT2D eigenvalue weighted by Gasteiger charge is 2.46. The normalized spacial score (nSPS) is 23.7. The SMILES string of the molecule is CC1(C)CC(=O)C2=C(C1)N(CC1OCCO1)c1nc(SCC3OCCO3)[nH]c(=O)c1C2c1ccc(Cl)cc1. The van der Waals surface area contributed by atoms with E-state index in [2.05, 4.69) is 18.8 Å². The van der Waals surface area contributed by atoms with Crippen LogP contribution in [0.1, 0.15) is 43.7 Å². The lowest BCUT2D eigenvalue weighted by Gasteiger charge is -2.44. The molecule has 0 bridgehead atoms. The van der Waals surface area contributed by atoms with Crippen LogP contribution in [0.25, 0.3) is 0 Å². The van der Waals surface area contributed by atoms with E-state index >= 15 is 0 Å². The van der Waals surface area contributed by atoms with Crippen molar-refractivity contribution in [2.75, 3.05) is 43.6 Å². The number of nitrogens with zero attached hydrogens (tertiary/aromatic N) is 2. The summed E-state index contributed by atoms with van der Waals surface area (Å²) >= 11 is 7.57. The quantitative estimate of drug-likeness (QED) is 0.417. The van der Waals surface area contributed by atoms with E-state index < -0.39 is 12.2 Å². The van der Waals surface area contributed by atoms with E-state index in [4.69, 9.17) is 35.5 Å². The number of benzene rings is 1. The zero-order valence-corrected chi connectivity index (χ0v) is 22.9. The van der Waals surface area contributed by atoms with Gasteiger partial charge in [0.2, 0.25) is 0 Å². The highest BCUT2D eigenvalue weighted by molar-refractivity contribution is 7.99. The number of H-pyrrole nitrogens is 1. The number of anilines is 1. The average molecular weight is 560 g/mol. The van der Waals surface area contributed by atoms with Gasteiger partial charge >= 0.3 is 0 Å². The number of ketones is 1. The molecule has 9 nitrogen and oxygen atoms in total. The molecular formula is C27H30ClN3O6S. The van der Waals surface area contributed by atoms with Gasteiger partial charge in [-0.05, 0) is 29.5 Å². The molecular weight excluding hydrogens is 530 g/mol. The molecule has 0 spiro atoms. The van der Waals surface area contributed by atoms with Crippen molar-refractivity contribution in [3.8, 4) is 0 Å². The molecule has 0 saturated carbocycles. The first-order valence-electron chi connectivity index (χ1n) is 12.8. The van der Waals surface area contributed by atoms with Crippen molar-refractivity contribution in [2.24, 2.45) is 5.41 Å². The fourth-order valence-electron chi connectivity index (χ4n) is 5.62. The minimum absolute atomic E-state index is 0.0356. The number of thioether (sulfide) groups is 1.